The minimum atomic E-state index is 0.923. The first-order valence-electron chi connectivity index (χ1n) is 17.4. The van der Waals surface area contributed by atoms with Crippen LogP contribution in [0.1, 0.15) is 5.56 Å². The number of para-hydroxylation sites is 1. The predicted molar refractivity (Wildman–Crippen MR) is 215 cm³/mol. The van der Waals surface area contributed by atoms with Crippen molar-refractivity contribution in [2.24, 2.45) is 0 Å². The normalized spacial score (nSPS) is 11.2. The lowest BCUT2D eigenvalue weighted by atomic mass is 9.97. The van der Waals surface area contributed by atoms with E-state index >= 15 is 0 Å². The molecule has 2 heteroatoms. The third kappa shape index (κ3) is 5.88. The van der Waals surface area contributed by atoms with Crippen LogP contribution in [0.2, 0.25) is 0 Å². The lowest BCUT2D eigenvalue weighted by molar-refractivity contribution is 0.629. The van der Waals surface area contributed by atoms with E-state index in [4.69, 9.17) is 4.42 Å². The zero-order chi connectivity index (χ0) is 34.1. The molecule has 51 heavy (non-hydrogen) atoms. The van der Waals surface area contributed by atoms with Gasteiger partial charge in [0.05, 0.1) is 0 Å². The molecular weight excluding hydrogens is 619 g/mol. The van der Waals surface area contributed by atoms with Gasteiger partial charge < -0.3 is 9.32 Å². The lowest BCUT2D eigenvalue weighted by Gasteiger charge is -2.26. The van der Waals surface area contributed by atoms with E-state index in [1.165, 1.54) is 44.2 Å². The monoisotopic (exact) mass is 653 g/mol. The topological polar surface area (TPSA) is 16.4 Å². The molecule has 9 rings (SSSR count). The Balaban J connectivity index is 1.03. The van der Waals surface area contributed by atoms with E-state index in [1.807, 2.05) is 12.1 Å². The molecule has 0 saturated heterocycles. The van der Waals surface area contributed by atoms with Gasteiger partial charge in [-0.15, -0.1) is 0 Å². The average molecular weight is 654 g/mol. The molecule has 1 heterocycles. The summed E-state index contributed by atoms with van der Waals surface area (Å²) in [5.41, 5.74) is 13.6. The Labute approximate surface area is 298 Å². The summed E-state index contributed by atoms with van der Waals surface area (Å²) in [6, 6.07) is 69.3. The van der Waals surface area contributed by atoms with E-state index in [2.05, 4.69) is 194 Å². The van der Waals surface area contributed by atoms with Crippen LogP contribution in [0.4, 0.5) is 17.1 Å². The molecule has 0 atom stereocenters. The van der Waals surface area contributed by atoms with Crippen LogP contribution in [-0.2, 0) is 0 Å². The van der Waals surface area contributed by atoms with Gasteiger partial charge in [-0.05, 0) is 99.6 Å². The summed E-state index contributed by atoms with van der Waals surface area (Å²) in [7, 11) is 0. The molecule has 0 bridgehead atoms. The third-order valence-corrected chi connectivity index (χ3v) is 9.85. The van der Waals surface area contributed by atoms with Crippen LogP contribution in [-0.4, -0.2) is 0 Å². The summed E-state index contributed by atoms with van der Waals surface area (Å²) < 4.78 is 6.28. The van der Waals surface area contributed by atoms with Crippen LogP contribution >= 0.6 is 0 Å². The fourth-order valence-corrected chi connectivity index (χ4v) is 7.17. The van der Waals surface area contributed by atoms with Gasteiger partial charge >= 0.3 is 0 Å². The van der Waals surface area contributed by atoms with Crippen molar-refractivity contribution in [3.05, 3.63) is 200 Å². The first-order valence-corrected chi connectivity index (χ1v) is 17.4. The van der Waals surface area contributed by atoms with Gasteiger partial charge in [-0.3, -0.25) is 0 Å². The summed E-state index contributed by atoms with van der Waals surface area (Å²) in [4.78, 5) is 2.35. The Morgan fingerprint density at radius 3 is 1.65 bits per heavy atom. The zero-order valence-electron chi connectivity index (χ0n) is 28.3. The summed E-state index contributed by atoms with van der Waals surface area (Å²) in [5, 5.41) is 3.61. The molecular formula is C49H35NO. The van der Waals surface area contributed by atoms with Crippen molar-refractivity contribution in [3.63, 3.8) is 0 Å². The maximum atomic E-state index is 6.28. The zero-order valence-corrected chi connectivity index (χ0v) is 28.3. The molecule has 2 nitrogen and oxygen atoms in total. The van der Waals surface area contributed by atoms with Crippen LogP contribution in [0.15, 0.2) is 199 Å². The minimum Gasteiger partial charge on any atom is -0.456 e. The molecule has 0 unspecified atom stereocenters. The average Bonchev–Trinajstić information content (AvgIpc) is 3.55. The van der Waals surface area contributed by atoms with Gasteiger partial charge in [0.15, 0.2) is 0 Å². The number of furan rings is 1. The molecule has 0 amide bonds. The summed E-state index contributed by atoms with van der Waals surface area (Å²) >= 11 is 0. The second-order valence-corrected chi connectivity index (χ2v) is 13.0. The molecule has 0 aliphatic rings. The van der Waals surface area contributed by atoms with Crippen molar-refractivity contribution in [1.82, 2.24) is 0 Å². The van der Waals surface area contributed by atoms with Gasteiger partial charge in [-0.25, -0.2) is 0 Å². The predicted octanol–water partition coefficient (Wildman–Crippen LogP) is 14.0. The molecule has 1 aromatic heterocycles. The number of rotatable bonds is 7. The number of hydrogen-bond donors (Lipinski definition) is 0. The Kier molecular flexibility index (Phi) is 7.75. The van der Waals surface area contributed by atoms with E-state index in [1.54, 1.807) is 0 Å². The quantitative estimate of drug-likeness (QED) is 0.170. The van der Waals surface area contributed by atoms with Crippen LogP contribution < -0.4 is 4.90 Å². The van der Waals surface area contributed by atoms with Crippen molar-refractivity contribution in [3.8, 4) is 44.7 Å². The van der Waals surface area contributed by atoms with Gasteiger partial charge in [0, 0.05) is 33.6 Å². The molecule has 8 aromatic carbocycles. The fraction of sp³-hybridized carbons (Fsp3) is 0.0204. The highest BCUT2D eigenvalue weighted by molar-refractivity contribution is 5.91. The number of nitrogens with zero attached hydrogens (tertiary/aromatic N) is 1. The van der Waals surface area contributed by atoms with Gasteiger partial charge in [0.2, 0.25) is 0 Å². The maximum Gasteiger partial charge on any atom is 0.138 e. The fourth-order valence-electron chi connectivity index (χ4n) is 7.17. The van der Waals surface area contributed by atoms with E-state index in [9.17, 15) is 0 Å². The second kappa shape index (κ2) is 13.0. The molecule has 242 valence electrons. The van der Waals surface area contributed by atoms with Crippen LogP contribution in [0.5, 0.6) is 0 Å². The van der Waals surface area contributed by atoms with Crippen LogP contribution in [0, 0.1) is 6.92 Å². The highest BCUT2D eigenvalue weighted by Crippen LogP contribution is 2.39. The number of hydrogen-bond acceptors (Lipinski definition) is 2. The highest BCUT2D eigenvalue weighted by atomic mass is 16.3. The molecule has 0 N–H and O–H groups in total. The van der Waals surface area contributed by atoms with E-state index in [0.717, 1.165) is 44.9 Å². The smallest absolute Gasteiger partial charge is 0.138 e. The second-order valence-electron chi connectivity index (χ2n) is 13.0. The number of aryl methyl sites for hydroxylation is 1. The number of anilines is 3. The van der Waals surface area contributed by atoms with E-state index in [0.29, 0.717) is 0 Å². The van der Waals surface area contributed by atoms with Crippen molar-refractivity contribution >= 4 is 38.8 Å². The Morgan fingerprint density at radius 2 is 0.882 bits per heavy atom. The van der Waals surface area contributed by atoms with Crippen molar-refractivity contribution in [1.29, 1.82) is 0 Å². The molecule has 0 spiro atoms. The summed E-state index contributed by atoms with van der Waals surface area (Å²) in [5.74, 6) is 0.930. The summed E-state index contributed by atoms with van der Waals surface area (Å²) in [6.45, 7) is 2.14. The van der Waals surface area contributed by atoms with Crippen LogP contribution in [0.3, 0.4) is 0 Å². The molecule has 0 fully saturated rings. The van der Waals surface area contributed by atoms with Gasteiger partial charge in [-0.2, -0.15) is 0 Å². The number of benzene rings is 8. The van der Waals surface area contributed by atoms with Gasteiger partial charge in [-0.1, -0.05) is 146 Å². The molecule has 0 aliphatic carbocycles. The Bertz CT molecular complexity index is 2630. The van der Waals surface area contributed by atoms with Crippen molar-refractivity contribution < 1.29 is 4.42 Å². The van der Waals surface area contributed by atoms with Gasteiger partial charge in [0.1, 0.15) is 11.3 Å². The number of fused-ring (bicyclic) bond motifs is 2. The third-order valence-electron chi connectivity index (χ3n) is 9.85. The van der Waals surface area contributed by atoms with E-state index in [-0.39, 0.29) is 0 Å². The molecule has 0 aliphatic heterocycles. The van der Waals surface area contributed by atoms with E-state index < -0.39 is 0 Å². The minimum absolute atomic E-state index is 0.923. The van der Waals surface area contributed by atoms with Crippen LogP contribution in [0.25, 0.3) is 66.4 Å². The Hall–Kier alpha value is -6.64. The summed E-state index contributed by atoms with van der Waals surface area (Å²) in [6.07, 6.45) is 0. The molecule has 9 aromatic rings. The van der Waals surface area contributed by atoms with Crippen molar-refractivity contribution in [2.75, 3.05) is 4.90 Å². The first kappa shape index (κ1) is 30.4. The lowest BCUT2D eigenvalue weighted by Crippen LogP contribution is -2.10. The van der Waals surface area contributed by atoms with Crippen molar-refractivity contribution in [2.45, 2.75) is 6.92 Å². The SMILES string of the molecule is Cc1c(-c2cccc(-c3ccc(-c4ccc(N(c5cccc(-c6ccccc6)c5)c5ccc6ccccc6c5)cc4)cc3)c2)oc2ccccc12. The Morgan fingerprint density at radius 1 is 0.353 bits per heavy atom. The maximum absolute atomic E-state index is 6.28. The largest absolute Gasteiger partial charge is 0.456 e. The first-order chi connectivity index (χ1) is 25.2. The molecule has 0 saturated carbocycles. The van der Waals surface area contributed by atoms with Gasteiger partial charge in [0.25, 0.3) is 0 Å². The molecule has 0 radical (unpaired) electrons. The highest BCUT2D eigenvalue weighted by Gasteiger charge is 2.16. The standard InChI is InChI=1S/C49H35NO/c1-34-47-19-7-8-20-48(47)51-49(34)43-17-9-15-40(31-43)39-23-21-37(22-24-39)38-25-28-44(29-26-38)50(46-30-27-36-13-5-6-14-41(36)33-46)45-18-10-16-42(32-45)35-11-3-2-4-12-35/h2-33H,1H3.